The molecule has 1 fully saturated rings. The van der Waals surface area contributed by atoms with Crippen molar-refractivity contribution in [3.63, 3.8) is 0 Å². The molecule has 1 heterocycles. The number of aliphatic carboxylic acids is 1. The summed E-state index contributed by atoms with van der Waals surface area (Å²) in [6.07, 6.45) is 3.21. The van der Waals surface area contributed by atoms with Crippen LogP contribution in [0, 0.1) is 0 Å². The van der Waals surface area contributed by atoms with E-state index in [0.29, 0.717) is 4.47 Å². The lowest BCUT2D eigenvalue weighted by molar-refractivity contribution is -0.141. The number of pyridine rings is 1. The van der Waals surface area contributed by atoms with Crippen LogP contribution in [0.2, 0.25) is 0 Å². The molecule has 1 unspecified atom stereocenters. The van der Waals surface area contributed by atoms with Crippen LogP contribution in [0.15, 0.2) is 21.2 Å². The van der Waals surface area contributed by atoms with Gasteiger partial charge in [-0.2, -0.15) is 0 Å². The first-order valence-electron chi connectivity index (χ1n) is 5.78. The van der Waals surface area contributed by atoms with Crippen LogP contribution >= 0.6 is 31.9 Å². The first-order valence-corrected chi connectivity index (χ1v) is 7.37. The summed E-state index contributed by atoms with van der Waals surface area (Å²) in [6, 6.07) is 0.879. The zero-order valence-electron chi connectivity index (χ0n) is 10.1. The van der Waals surface area contributed by atoms with E-state index in [1.54, 1.807) is 6.07 Å². The van der Waals surface area contributed by atoms with Gasteiger partial charge in [-0.25, -0.2) is 9.78 Å². The number of carboxylic acid groups (broad SMARTS) is 1. The number of amides is 1. The summed E-state index contributed by atoms with van der Waals surface area (Å²) >= 11 is 6.55. The molecule has 1 aromatic heterocycles. The van der Waals surface area contributed by atoms with Gasteiger partial charge in [-0.15, -0.1) is 0 Å². The number of aromatic nitrogens is 1. The minimum atomic E-state index is -1.01. The molecular weight excluding hydrogens is 380 g/mol. The fourth-order valence-electron chi connectivity index (χ4n) is 1.82. The standard InChI is InChI=1S/C12H12Br2N2O3/c1-6(12(18)19)16(8-2-3-8)11(17)10-9(14)4-7(13)5-15-10/h4-6,8H,2-3H2,1H3,(H,18,19). The van der Waals surface area contributed by atoms with Crippen LogP contribution in [0.5, 0.6) is 0 Å². The van der Waals surface area contributed by atoms with E-state index in [9.17, 15) is 9.59 Å². The molecule has 1 atom stereocenters. The van der Waals surface area contributed by atoms with E-state index in [1.165, 1.54) is 18.0 Å². The first kappa shape index (κ1) is 14.5. The van der Waals surface area contributed by atoms with Gasteiger partial charge < -0.3 is 10.0 Å². The van der Waals surface area contributed by atoms with Gasteiger partial charge in [0.05, 0.1) is 4.47 Å². The Balaban J connectivity index is 2.31. The summed E-state index contributed by atoms with van der Waals surface area (Å²) in [5.41, 5.74) is 0.239. The summed E-state index contributed by atoms with van der Waals surface area (Å²) in [5.74, 6) is -1.36. The number of nitrogens with zero attached hydrogens (tertiary/aromatic N) is 2. The zero-order valence-corrected chi connectivity index (χ0v) is 13.3. The number of halogens is 2. The van der Waals surface area contributed by atoms with Gasteiger partial charge in [0.15, 0.2) is 0 Å². The molecule has 1 aliphatic carbocycles. The lowest BCUT2D eigenvalue weighted by atomic mass is 10.2. The molecule has 0 aliphatic heterocycles. The molecule has 5 nitrogen and oxygen atoms in total. The van der Waals surface area contributed by atoms with Crippen molar-refractivity contribution in [2.45, 2.75) is 31.8 Å². The maximum absolute atomic E-state index is 12.5. The molecule has 19 heavy (non-hydrogen) atoms. The number of carboxylic acids is 1. The maximum atomic E-state index is 12.5. The average Bonchev–Trinajstić information content (AvgIpc) is 3.13. The Labute approximate surface area is 127 Å². The molecule has 1 aromatic rings. The highest BCUT2D eigenvalue weighted by molar-refractivity contribution is 9.11. The molecule has 0 saturated heterocycles. The molecule has 1 aliphatic rings. The van der Waals surface area contributed by atoms with Gasteiger partial charge in [-0.1, -0.05) is 0 Å². The smallest absolute Gasteiger partial charge is 0.326 e. The van der Waals surface area contributed by atoms with Crippen LogP contribution in [0.3, 0.4) is 0 Å². The number of hydrogen-bond donors (Lipinski definition) is 1. The first-order chi connectivity index (χ1) is 8.91. The largest absolute Gasteiger partial charge is 0.480 e. The monoisotopic (exact) mass is 390 g/mol. The lowest BCUT2D eigenvalue weighted by Gasteiger charge is -2.26. The maximum Gasteiger partial charge on any atom is 0.326 e. The second-order valence-corrected chi connectivity index (χ2v) is 6.21. The average molecular weight is 392 g/mol. The molecule has 1 N–H and O–H groups in total. The van der Waals surface area contributed by atoms with E-state index in [2.05, 4.69) is 36.8 Å². The molecule has 0 radical (unpaired) electrons. The number of carbonyl (C=O) groups excluding carboxylic acids is 1. The molecule has 102 valence electrons. The quantitative estimate of drug-likeness (QED) is 0.856. The van der Waals surface area contributed by atoms with Gasteiger partial charge in [-0.3, -0.25) is 4.79 Å². The Morgan fingerprint density at radius 2 is 2.11 bits per heavy atom. The predicted molar refractivity (Wildman–Crippen MR) is 75.9 cm³/mol. The van der Waals surface area contributed by atoms with Crippen LogP contribution in [-0.2, 0) is 4.79 Å². The van der Waals surface area contributed by atoms with Crippen molar-refractivity contribution in [1.82, 2.24) is 9.88 Å². The van der Waals surface area contributed by atoms with Crippen molar-refractivity contribution in [3.05, 3.63) is 26.9 Å². The SMILES string of the molecule is CC(C(=O)O)N(C(=O)c1ncc(Br)cc1Br)C1CC1. The fourth-order valence-corrected chi connectivity index (χ4v) is 2.98. The summed E-state index contributed by atoms with van der Waals surface area (Å²) < 4.78 is 1.30. The van der Waals surface area contributed by atoms with Crippen molar-refractivity contribution in [2.24, 2.45) is 0 Å². The molecule has 0 bridgehead atoms. The van der Waals surface area contributed by atoms with Gasteiger partial charge in [0.1, 0.15) is 11.7 Å². The van der Waals surface area contributed by atoms with Crippen molar-refractivity contribution < 1.29 is 14.7 Å². The fraction of sp³-hybridized carbons (Fsp3) is 0.417. The molecule has 2 rings (SSSR count). The van der Waals surface area contributed by atoms with E-state index in [4.69, 9.17) is 5.11 Å². The number of rotatable bonds is 4. The molecule has 1 amide bonds. The zero-order chi connectivity index (χ0) is 14.2. The van der Waals surface area contributed by atoms with Crippen LogP contribution in [0.1, 0.15) is 30.3 Å². The van der Waals surface area contributed by atoms with Crippen molar-refractivity contribution in [2.75, 3.05) is 0 Å². The van der Waals surface area contributed by atoms with Gasteiger partial charge >= 0.3 is 5.97 Å². The Hall–Kier alpha value is -0.950. The predicted octanol–water partition coefficient (Wildman–Crippen LogP) is 2.68. The topological polar surface area (TPSA) is 70.5 Å². The Bertz CT molecular complexity index is 532. The highest BCUT2D eigenvalue weighted by Gasteiger charge is 2.39. The Morgan fingerprint density at radius 1 is 1.47 bits per heavy atom. The number of hydrogen-bond acceptors (Lipinski definition) is 3. The summed E-state index contributed by atoms with van der Waals surface area (Å²) in [4.78, 5) is 29.1. The van der Waals surface area contributed by atoms with Crippen LogP contribution in [0.25, 0.3) is 0 Å². The summed E-state index contributed by atoms with van der Waals surface area (Å²) in [5, 5.41) is 9.10. The third-order valence-electron chi connectivity index (χ3n) is 2.96. The van der Waals surface area contributed by atoms with E-state index in [1.807, 2.05) is 0 Å². The Kier molecular flexibility index (Phi) is 4.25. The van der Waals surface area contributed by atoms with Crippen LogP contribution in [-0.4, -0.2) is 39.0 Å². The van der Waals surface area contributed by atoms with E-state index in [0.717, 1.165) is 17.3 Å². The van der Waals surface area contributed by atoms with Gasteiger partial charge in [0.2, 0.25) is 0 Å². The minimum Gasteiger partial charge on any atom is -0.480 e. The lowest BCUT2D eigenvalue weighted by Crippen LogP contribution is -2.45. The van der Waals surface area contributed by atoms with Gasteiger partial charge in [0, 0.05) is 16.7 Å². The van der Waals surface area contributed by atoms with Gasteiger partial charge in [0.25, 0.3) is 5.91 Å². The van der Waals surface area contributed by atoms with Crippen molar-refractivity contribution >= 4 is 43.7 Å². The Morgan fingerprint density at radius 3 is 2.58 bits per heavy atom. The third kappa shape index (κ3) is 3.14. The minimum absolute atomic E-state index is 0.0101. The van der Waals surface area contributed by atoms with Crippen molar-refractivity contribution in [3.8, 4) is 0 Å². The molecule has 1 saturated carbocycles. The second-order valence-electron chi connectivity index (χ2n) is 4.44. The molecule has 7 heteroatoms. The normalized spacial score (nSPS) is 15.9. The van der Waals surface area contributed by atoms with Gasteiger partial charge in [-0.05, 0) is 57.7 Å². The summed E-state index contributed by atoms with van der Waals surface area (Å²) in [7, 11) is 0. The van der Waals surface area contributed by atoms with E-state index < -0.39 is 12.0 Å². The summed E-state index contributed by atoms with van der Waals surface area (Å²) in [6.45, 7) is 1.52. The second kappa shape index (κ2) is 5.58. The van der Waals surface area contributed by atoms with Crippen LogP contribution < -0.4 is 0 Å². The van der Waals surface area contributed by atoms with E-state index in [-0.39, 0.29) is 17.6 Å². The molecule has 0 spiro atoms. The third-order valence-corrected chi connectivity index (χ3v) is 4.00. The number of carbonyl (C=O) groups is 2. The molecular formula is C12H12Br2N2O3. The van der Waals surface area contributed by atoms with Crippen molar-refractivity contribution in [1.29, 1.82) is 0 Å². The highest BCUT2D eigenvalue weighted by Crippen LogP contribution is 2.31. The van der Waals surface area contributed by atoms with Crippen LogP contribution in [0.4, 0.5) is 0 Å². The van der Waals surface area contributed by atoms with E-state index >= 15 is 0 Å². The highest BCUT2D eigenvalue weighted by atomic mass is 79.9. The molecule has 0 aromatic carbocycles.